The van der Waals surface area contributed by atoms with Crippen LogP contribution in [0.25, 0.3) is 10.9 Å². The van der Waals surface area contributed by atoms with Gasteiger partial charge in [0.05, 0.1) is 0 Å². The molecule has 0 aliphatic heterocycles. The summed E-state index contributed by atoms with van der Waals surface area (Å²) in [6.07, 6.45) is 2.62. The fourth-order valence-corrected chi connectivity index (χ4v) is 2.78. The number of ketones is 1. The Morgan fingerprint density at radius 3 is 2.42 bits per heavy atom. The molecule has 0 radical (unpaired) electrons. The Balaban J connectivity index is 1.93. The Kier molecular flexibility index (Phi) is 6.55. The molecule has 1 aromatic carbocycles. The summed E-state index contributed by atoms with van der Waals surface area (Å²) in [7, 11) is 0. The molecule has 6 nitrogen and oxygen atoms in total. The Hall–Kier alpha value is -2.63. The lowest BCUT2D eigenvalue weighted by molar-refractivity contribution is -0.141. The summed E-state index contributed by atoms with van der Waals surface area (Å²) in [5.74, 6) is -2.00. The predicted octanol–water partition coefficient (Wildman–Crippen LogP) is 2.19. The van der Waals surface area contributed by atoms with Gasteiger partial charge in [0.25, 0.3) is 5.91 Å². The Labute approximate surface area is 153 Å². The minimum atomic E-state index is -0.729. The standard InChI is InChI=1S/C20H27N3O3/c1-12(2)17(23-20(26)18(24)13(3)4)19(25)21-10-9-14-11-22-16-8-6-5-7-15(14)16/h5-8,11-13,17,22H,9-10H2,1-4H3,(H,21,25)(H,23,26). The van der Waals surface area contributed by atoms with Crippen LogP contribution in [0.1, 0.15) is 33.3 Å². The van der Waals surface area contributed by atoms with Crippen molar-refractivity contribution in [3.8, 4) is 0 Å². The largest absolute Gasteiger partial charge is 0.361 e. The average molecular weight is 357 g/mol. The number of nitrogens with one attached hydrogen (secondary N) is 3. The van der Waals surface area contributed by atoms with E-state index in [4.69, 9.17) is 0 Å². The Morgan fingerprint density at radius 1 is 1.08 bits per heavy atom. The monoisotopic (exact) mass is 357 g/mol. The molecule has 0 aliphatic rings. The molecule has 0 bridgehead atoms. The van der Waals surface area contributed by atoms with Gasteiger partial charge in [0.2, 0.25) is 11.7 Å². The first kappa shape index (κ1) is 19.7. The predicted molar refractivity (Wildman–Crippen MR) is 102 cm³/mol. The Bertz CT molecular complexity index is 792. The molecule has 26 heavy (non-hydrogen) atoms. The van der Waals surface area contributed by atoms with Crippen molar-refractivity contribution in [2.24, 2.45) is 11.8 Å². The van der Waals surface area contributed by atoms with E-state index in [2.05, 4.69) is 15.6 Å². The van der Waals surface area contributed by atoms with Crippen molar-refractivity contribution in [3.63, 3.8) is 0 Å². The van der Waals surface area contributed by atoms with Crippen molar-refractivity contribution in [1.82, 2.24) is 15.6 Å². The van der Waals surface area contributed by atoms with Crippen LogP contribution in [0.3, 0.4) is 0 Å². The molecule has 1 unspecified atom stereocenters. The lowest BCUT2D eigenvalue weighted by atomic mass is 10.0. The van der Waals surface area contributed by atoms with Gasteiger partial charge in [0, 0.05) is 29.6 Å². The van der Waals surface area contributed by atoms with Crippen molar-refractivity contribution >= 4 is 28.5 Å². The van der Waals surface area contributed by atoms with Gasteiger partial charge in [0.15, 0.2) is 0 Å². The highest BCUT2D eigenvalue weighted by molar-refractivity contribution is 6.37. The fraction of sp³-hybridized carbons (Fsp3) is 0.450. The van der Waals surface area contributed by atoms with Crippen LogP contribution in [-0.2, 0) is 20.8 Å². The van der Waals surface area contributed by atoms with E-state index in [-0.39, 0.29) is 11.8 Å². The van der Waals surface area contributed by atoms with E-state index in [0.29, 0.717) is 13.0 Å². The van der Waals surface area contributed by atoms with Gasteiger partial charge in [0.1, 0.15) is 6.04 Å². The molecule has 0 saturated heterocycles. The summed E-state index contributed by atoms with van der Waals surface area (Å²) < 4.78 is 0. The highest BCUT2D eigenvalue weighted by Crippen LogP contribution is 2.17. The maximum Gasteiger partial charge on any atom is 0.288 e. The molecule has 6 heteroatoms. The molecule has 140 valence electrons. The zero-order chi connectivity index (χ0) is 19.3. The molecule has 0 fully saturated rings. The van der Waals surface area contributed by atoms with Gasteiger partial charge in [-0.3, -0.25) is 14.4 Å². The number of rotatable bonds is 8. The van der Waals surface area contributed by atoms with E-state index in [9.17, 15) is 14.4 Å². The summed E-state index contributed by atoms with van der Waals surface area (Å²) in [6, 6.07) is 7.27. The smallest absolute Gasteiger partial charge is 0.288 e. The fourth-order valence-electron chi connectivity index (χ4n) is 2.78. The van der Waals surface area contributed by atoms with Crippen molar-refractivity contribution in [2.45, 2.75) is 40.2 Å². The zero-order valence-electron chi connectivity index (χ0n) is 15.8. The number of benzene rings is 1. The number of hydrogen-bond donors (Lipinski definition) is 3. The second kappa shape index (κ2) is 8.65. The van der Waals surface area contributed by atoms with E-state index >= 15 is 0 Å². The van der Waals surface area contributed by atoms with Gasteiger partial charge in [-0.25, -0.2) is 0 Å². The quantitative estimate of drug-likeness (QED) is 0.633. The van der Waals surface area contributed by atoms with Crippen LogP contribution in [0.15, 0.2) is 30.5 Å². The van der Waals surface area contributed by atoms with Crippen LogP contribution in [0, 0.1) is 11.8 Å². The van der Waals surface area contributed by atoms with Crippen LogP contribution >= 0.6 is 0 Å². The molecular formula is C20H27N3O3. The zero-order valence-corrected chi connectivity index (χ0v) is 15.8. The molecule has 3 N–H and O–H groups in total. The van der Waals surface area contributed by atoms with Crippen LogP contribution in [0.2, 0.25) is 0 Å². The normalized spacial score (nSPS) is 12.4. The van der Waals surface area contributed by atoms with Gasteiger partial charge in [-0.1, -0.05) is 45.9 Å². The summed E-state index contributed by atoms with van der Waals surface area (Å²) in [6.45, 7) is 7.45. The highest BCUT2D eigenvalue weighted by atomic mass is 16.2. The molecule has 0 aliphatic carbocycles. The third-order valence-corrected chi connectivity index (χ3v) is 4.35. The molecule has 1 atom stereocenters. The molecule has 2 rings (SSSR count). The van der Waals surface area contributed by atoms with Crippen LogP contribution in [-0.4, -0.2) is 35.2 Å². The van der Waals surface area contributed by atoms with Crippen molar-refractivity contribution in [1.29, 1.82) is 0 Å². The van der Waals surface area contributed by atoms with Crippen LogP contribution < -0.4 is 10.6 Å². The van der Waals surface area contributed by atoms with Crippen molar-refractivity contribution in [2.75, 3.05) is 6.54 Å². The number of hydrogen-bond acceptors (Lipinski definition) is 3. The van der Waals surface area contributed by atoms with Gasteiger partial charge in [-0.2, -0.15) is 0 Å². The third kappa shape index (κ3) is 4.71. The van der Waals surface area contributed by atoms with E-state index < -0.39 is 23.7 Å². The Morgan fingerprint density at radius 2 is 1.77 bits per heavy atom. The minimum Gasteiger partial charge on any atom is -0.361 e. The number of para-hydroxylation sites is 1. The lowest BCUT2D eigenvalue weighted by Gasteiger charge is -2.21. The third-order valence-electron chi connectivity index (χ3n) is 4.35. The summed E-state index contributed by atoms with van der Waals surface area (Å²) in [5, 5.41) is 6.56. The topological polar surface area (TPSA) is 91.1 Å². The number of Topliss-reactive ketones (excluding diaryl/α,β-unsaturated/α-hetero) is 1. The maximum absolute atomic E-state index is 12.5. The second-order valence-electron chi connectivity index (χ2n) is 7.11. The molecule has 0 saturated carbocycles. The molecule has 0 spiro atoms. The summed E-state index contributed by atoms with van der Waals surface area (Å²) in [4.78, 5) is 39.4. The first-order chi connectivity index (χ1) is 12.3. The number of aromatic nitrogens is 1. The number of aromatic amines is 1. The maximum atomic E-state index is 12.5. The first-order valence-electron chi connectivity index (χ1n) is 8.98. The van der Waals surface area contributed by atoms with E-state index in [1.54, 1.807) is 13.8 Å². The minimum absolute atomic E-state index is 0.119. The first-order valence-corrected chi connectivity index (χ1v) is 8.98. The van der Waals surface area contributed by atoms with Crippen molar-refractivity contribution in [3.05, 3.63) is 36.0 Å². The molecule has 1 heterocycles. The summed E-state index contributed by atoms with van der Waals surface area (Å²) in [5.41, 5.74) is 2.19. The SMILES string of the molecule is CC(C)C(=O)C(=O)NC(C(=O)NCCc1c[nH]c2ccccc12)C(C)C. The highest BCUT2D eigenvalue weighted by Gasteiger charge is 2.27. The van der Waals surface area contributed by atoms with Crippen molar-refractivity contribution < 1.29 is 14.4 Å². The molecule has 2 amide bonds. The lowest BCUT2D eigenvalue weighted by Crippen LogP contribution is -2.52. The van der Waals surface area contributed by atoms with E-state index in [1.165, 1.54) is 0 Å². The van der Waals surface area contributed by atoms with Gasteiger partial charge in [-0.05, 0) is 24.0 Å². The second-order valence-corrected chi connectivity index (χ2v) is 7.11. The number of H-pyrrole nitrogens is 1. The average Bonchev–Trinajstić information content (AvgIpc) is 3.01. The van der Waals surface area contributed by atoms with E-state index in [1.807, 2.05) is 44.3 Å². The molecular weight excluding hydrogens is 330 g/mol. The van der Waals surface area contributed by atoms with Gasteiger partial charge < -0.3 is 15.6 Å². The number of carbonyl (C=O) groups excluding carboxylic acids is 3. The summed E-state index contributed by atoms with van der Waals surface area (Å²) >= 11 is 0. The number of fused-ring (bicyclic) bond motifs is 1. The van der Waals surface area contributed by atoms with Gasteiger partial charge >= 0.3 is 0 Å². The molecule has 2 aromatic rings. The van der Waals surface area contributed by atoms with Crippen LogP contribution in [0.4, 0.5) is 0 Å². The van der Waals surface area contributed by atoms with E-state index in [0.717, 1.165) is 16.5 Å². The number of amides is 2. The molecule has 1 aromatic heterocycles. The van der Waals surface area contributed by atoms with Crippen LogP contribution in [0.5, 0.6) is 0 Å². The number of carbonyl (C=O) groups is 3. The van der Waals surface area contributed by atoms with Gasteiger partial charge in [-0.15, -0.1) is 0 Å².